The van der Waals surface area contributed by atoms with E-state index in [1.807, 2.05) is 24.6 Å². The molecule has 0 saturated heterocycles. The second-order valence-electron chi connectivity index (χ2n) is 12.1. The van der Waals surface area contributed by atoms with Crippen LogP contribution >= 0.6 is 0 Å². The van der Waals surface area contributed by atoms with Crippen LogP contribution in [0.25, 0.3) is 0 Å². The molecule has 3 heterocycles. The van der Waals surface area contributed by atoms with Gasteiger partial charge in [-0.1, -0.05) is 13.3 Å². The molecule has 0 atom stereocenters. The number of hydrogen-bond donors (Lipinski definition) is 1. The molecule has 1 amide bonds. The monoisotopic (exact) mass is 552 g/mol. The SMILES string of the molecule is CCc1cc(C2(Cc3nncn3C)CCC2)cc(N2Cc3c(cc(CNC4(C)CCC4)cc3C(F)(F)F)C2=O)n1. The van der Waals surface area contributed by atoms with Crippen molar-refractivity contribution < 1.29 is 18.0 Å². The van der Waals surface area contributed by atoms with Gasteiger partial charge in [0.05, 0.1) is 12.1 Å². The molecule has 0 radical (unpaired) electrons. The average molecular weight is 553 g/mol. The molecule has 2 aromatic heterocycles. The van der Waals surface area contributed by atoms with Crippen molar-refractivity contribution in [3.05, 3.63) is 69.9 Å². The summed E-state index contributed by atoms with van der Waals surface area (Å²) in [5, 5.41) is 11.7. The number of aryl methyl sites for hydroxylation is 2. The van der Waals surface area contributed by atoms with E-state index in [1.54, 1.807) is 12.4 Å². The zero-order valence-corrected chi connectivity index (χ0v) is 23.2. The Morgan fingerprint density at radius 1 is 1.07 bits per heavy atom. The quantitative estimate of drug-likeness (QED) is 0.391. The summed E-state index contributed by atoms with van der Waals surface area (Å²) < 4.78 is 44.7. The fourth-order valence-corrected chi connectivity index (χ4v) is 6.35. The lowest BCUT2D eigenvalue weighted by Gasteiger charge is -2.42. The second-order valence-corrected chi connectivity index (χ2v) is 12.1. The summed E-state index contributed by atoms with van der Waals surface area (Å²) in [6.07, 6.45) is 4.60. The summed E-state index contributed by atoms with van der Waals surface area (Å²) in [7, 11) is 1.92. The molecular weight excluding hydrogens is 517 g/mol. The molecule has 0 bridgehead atoms. The summed E-state index contributed by atoms with van der Waals surface area (Å²) in [5.41, 5.74) is 1.54. The largest absolute Gasteiger partial charge is 0.416 e. The summed E-state index contributed by atoms with van der Waals surface area (Å²) in [5.74, 6) is 0.863. The number of carbonyl (C=O) groups excluding carboxylic acids is 1. The van der Waals surface area contributed by atoms with Crippen molar-refractivity contribution in [3.8, 4) is 0 Å². The van der Waals surface area contributed by atoms with Crippen LogP contribution in [0.3, 0.4) is 0 Å². The Bertz CT molecular complexity index is 1450. The van der Waals surface area contributed by atoms with E-state index in [0.717, 1.165) is 55.6 Å². The number of amides is 1. The van der Waals surface area contributed by atoms with Gasteiger partial charge < -0.3 is 9.88 Å². The van der Waals surface area contributed by atoms with Crippen LogP contribution < -0.4 is 10.2 Å². The molecular formula is C30H35F3N6O. The maximum absolute atomic E-state index is 14.3. The third kappa shape index (κ3) is 4.70. The highest BCUT2D eigenvalue weighted by Gasteiger charge is 2.43. The van der Waals surface area contributed by atoms with E-state index < -0.39 is 17.6 Å². The van der Waals surface area contributed by atoms with Crippen molar-refractivity contribution >= 4 is 11.7 Å². The summed E-state index contributed by atoms with van der Waals surface area (Å²) in [4.78, 5) is 19.9. The predicted octanol–water partition coefficient (Wildman–Crippen LogP) is 5.65. The molecule has 3 aromatic rings. The van der Waals surface area contributed by atoms with Crippen molar-refractivity contribution in [2.24, 2.45) is 7.05 Å². The molecule has 2 aliphatic carbocycles. The summed E-state index contributed by atoms with van der Waals surface area (Å²) in [6, 6.07) is 6.83. The van der Waals surface area contributed by atoms with Gasteiger partial charge in [-0.2, -0.15) is 13.2 Å². The van der Waals surface area contributed by atoms with Gasteiger partial charge in [-0.3, -0.25) is 9.69 Å². The van der Waals surface area contributed by atoms with Gasteiger partial charge >= 0.3 is 6.18 Å². The van der Waals surface area contributed by atoms with E-state index >= 15 is 0 Å². The number of anilines is 1. The van der Waals surface area contributed by atoms with Crippen molar-refractivity contribution in [1.29, 1.82) is 0 Å². The van der Waals surface area contributed by atoms with Gasteiger partial charge in [0, 0.05) is 42.2 Å². The van der Waals surface area contributed by atoms with Gasteiger partial charge in [0.25, 0.3) is 5.91 Å². The first-order valence-electron chi connectivity index (χ1n) is 14.1. The van der Waals surface area contributed by atoms with Crippen LogP contribution in [0.5, 0.6) is 0 Å². The van der Waals surface area contributed by atoms with E-state index in [4.69, 9.17) is 4.98 Å². The van der Waals surface area contributed by atoms with Gasteiger partial charge in [0.15, 0.2) is 0 Å². The molecule has 2 saturated carbocycles. The number of fused-ring (bicyclic) bond motifs is 1. The zero-order chi connectivity index (χ0) is 28.3. The lowest BCUT2D eigenvalue weighted by Crippen LogP contribution is -2.47. The number of nitrogens with zero attached hydrogens (tertiary/aromatic N) is 5. The number of nitrogens with one attached hydrogen (secondary N) is 1. The van der Waals surface area contributed by atoms with Gasteiger partial charge in [-0.05, 0) is 86.4 Å². The highest BCUT2D eigenvalue weighted by molar-refractivity contribution is 6.10. The molecule has 212 valence electrons. The second kappa shape index (κ2) is 9.68. The van der Waals surface area contributed by atoms with Crippen LogP contribution in [0.2, 0.25) is 0 Å². The van der Waals surface area contributed by atoms with Crippen molar-refractivity contribution in [2.45, 2.75) is 95.4 Å². The minimum absolute atomic E-state index is 0.0267. The minimum atomic E-state index is -4.56. The molecule has 1 aliphatic heterocycles. The molecule has 3 aliphatic rings. The predicted molar refractivity (Wildman–Crippen MR) is 145 cm³/mol. The number of pyridine rings is 1. The highest BCUT2D eigenvalue weighted by Crippen LogP contribution is 2.47. The Balaban J connectivity index is 1.35. The number of benzene rings is 1. The van der Waals surface area contributed by atoms with Crippen molar-refractivity contribution in [3.63, 3.8) is 0 Å². The topological polar surface area (TPSA) is 75.9 Å². The highest BCUT2D eigenvalue weighted by atomic mass is 19.4. The average Bonchev–Trinajstić information content (AvgIpc) is 3.44. The Morgan fingerprint density at radius 3 is 2.40 bits per heavy atom. The maximum Gasteiger partial charge on any atom is 0.416 e. The number of halogens is 3. The van der Waals surface area contributed by atoms with E-state index in [2.05, 4.69) is 28.5 Å². The Kier molecular flexibility index (Phi) is 6.52. The summed E-state index contributed by atoms with van der Waals surface area (Å²) >= 11 is 0. The van der Waals surface area contributed by atoms with Crippen LogP contribution in [-0.4, -0.2) is 31.2 Å². The molecule has 0 unspecified atom stereocenters. The van der Waals surface area contributed by atoms with Crippen molar-refractivity contribution in [2.75, 3.05) is 4.90 Å². The standard InChI is InChI=1S/C30H35F3N6O/c1-4-21-13-20(29(9-6-10-29)15-26-37-35-18-38(26)3)14-25(36-21)39-17-23-22(27(39)40)11-19(12-24(23)30(31,32)33)16-34-28(2)7-5-8-28/h11-14,18,34H,4-10,15-17H2,1-3H3. The van der Waals surface area contributed by atoms with Crippen LogP contribution in [-0.2, 0) is 44.6 Å². The van der Waals surface area contributed by atoms with E-state index in [1.165, 1.54) is 11.0 Å². The Morgan fingerprint density at radius 2 is 1.82 bits per heavy atom. The van der Waals surface area contributed by atoms with E-state index in [9.17, 15) is 18.0 Å². The number of aromatic nitrogens is 4. The Labute approximate surface area is 232 Å². The van der Waals surface area contributed by atoms with Crippen LogP contribution in [0.4, 0.5) is 19.0 Å². The van der Waals surface area contributed by atoms with E-state index in [0.29, 0.717) is 30.8 Å². The molecule has 10 heteroatoms. The third-order valence-electron chi connectivity index (χ3n) is 9.31. The van der Waals surface area contributed by atoms with Gasteiger partial charge in [0.1, 0.15) is 18.0 Å². The van der Waals surface area contributed by atoms with Crippen molar-refractivity contribution in [1.82, 2.24) is 25.1 Å². The molecule has 0 spiro atoms. The summed E-state index contributed by atoms with van der Waals surface area (Å²) in [6.45, 7) is 4.23. The maximum atomic E-state index is 14.3. The fraction of sp³-hybridized carbons (Fsp3) is 0.533. The van der Waals surface area contributed by atoms with Crippen LogP contribution in [0, 0.1) is 0 Å². The normalized spacial score (nSPS) is 19.4. The minimum Gasteiger partial charge on any atom is -0.321 e. The van der Waals surface area contributed by atoms with Gasteiger partial charge in [-0.25, -0.2) is 4.98 Å². The van der Waals surface area contributed by atoms with E-state index in [-0.39, 0.29) is 28.6 Å². The molecule has 40 heavy (non-hydrogen) atoms. The number of carbonyl (C=O) groups is 1. The molecule has 1 N–H and O–H groups in total. The Hall–Kier alpha value is -3.27. The first-order valence-corrected chi connectivity index (χ1v) is 14.1. The first kappa shape index (κ1) is 26.9. The third-order valence-corrected chi connectivity index (χ3v) is 9.31. The smallest absolute Gasteiger partial charge is 0.321 e. The molecule has 6 rings (SSSR count). The number of rotatable bonds is 8. The fourth-order valence-electron chi connectivity index (χ4n) is 6.35. The van der Waals surface area contributed by atoms with Crippen LogP contribution in [0.1, 0.15) is 96.5 Å². The zero-order valence-electron chi connectivity index (χ0n) is 23.2. The lowest BCUT2D eigenvalue weighted by molar-refractivity contribution is -0.138. The molecule has 1 aromatic carbocycles. The number of hydrogen-bond acceptors (Lipinski definition) is 5. The van der Waals surface area contributed by atoms with Crippen LogP contribution in [0.15, 0.2) is 30.6 Å². The van der Waals surface area contributed by atoms with Gasteiger partial charge in [-0.15, -0.1) is 10.2 Å². The molecule has 2 fully saturated rings. The lowest BCUT2D eigenvalue weighted by atomic mass is 9.62. The first-order chi connectivity index (χ1) is 19.0. The molecule has 7 nitrogen and oxygen atoms in total. The van der Waals surface area contributed by atoms with Gasteiger partial charge in [0.2, 0.25) is 0 Å². The number of alkyl halides is 3.